The zero-order valence-corrected chi connectivity index (χ0v) is 25.9. The Morgan fingerprint density at radius 3 is 2.47 bits per heavy atom. The minimum absolute atomic E-state index is 0.130. The van der Waals surface area contributed by atoms with Crippen LogP contribution >= 0.6 is 11.6 Å². The van der Waals surface area contributed by atoms with E-state index in [9.17, 15) is 14.4 Å². The second kappa shape index (κ2) is 16.1. The summed E-state index contributed by atoms with van der Waals surface area (Å²) in [6.45, 7) is 2.89. The highest BCUT2D eigenvalue weighted by atomic mass is 35.5. The molecule has 1 aliphatic heterocycles. The Morgan fingerprint density at radius 2 is 1.72 bits per heavy atom. The summed E-state index contributed by atoms with van der Waals surface area (Å²) in [5, 5.41) is 4.64. The molecule has 3 aromatic rings. The fraction of sp³-hybridized carbons (Fsp3) is 0.455. The SMILES string of the molecule is CN1CCCCN(C(=O)CCCn2cccn2)CCCCOc2ccc(Cl)cc2C(=O)N(C)[C@@H](Cc2ccccc2)C1=O. The molecule has 1 aromatic heterocycles. The van der Waals surface area contributed by atoms with E-state index in [1.54, 1.807) is 43.4 Å². The molecule has 0 saturated heterocycles. The number of nitrogens with zero attached hydrogens (tertiary/aromatic N) is 5. The van der Waals surface area contributed by atoms with Crippen molar-refractivity contribution in [3.05, 3.63) is 83.1 Å². The molecule has 9 nitrogen and oxygen atoms in total. The maximum Gasteiger partial charge on any atom is 0.258 e. The van der Waals surface area contributed by atoms with Crippen LogP contribution in [0, 0.1) is 0 Å². The van der Waals surface area contributed by atoms with Gasteiger partial charge in [0.15, 0.2) is 0 Å². The van der Waals surface area contributed by atoms with Crippen LogP contribution in [-0.4, -0.2) is 88.6 Å². The monoisotopic (exact) mass is 607 g/mol. The Bertz CT molecular complexity index is 1330. The average Bonchev–Trinajstić information content (AvgIpc) is 3.53. The van der Waals surface area contributed by atoms with Crippen molar-refractivity contribution in [3.63, 3.8) is 0 Å². The van der Waals surface area contributed by atoms with E-state index in [1.165, 1.54) is 4.90 Å². The van der Waals surface area contributed by atoms with E-state index in [2.05, 4.69) is 5.10 Å². The topological polar surface area (TPSA) is 88.0 Å². The fourth-order valence-electron chi connectivity index (χ4n) is 5.30. The van der Waals surface area contributed by atoms with Gasteiger partial charge in [-0.15, -0.1) is 0 Å². The van der Waals surface area contributed by atoms with Gasteiger partial charge in [-0.25, -0.2) is 0 Å². The van der Waals surface area contributed by atoms with Crippen molar-refractivity contribution >= 4 is 29.3 Å². The van der Waals surface area contributed by atoms with Crippen LogP contribution in [0.2, 0.25) is 5.02 Å². The third-order valence-electron chi connectivity index (χ3n) is 7.83. The number of ether oxygens (including phenoxy) is 1. The lowest BCUT2D eigenvalue weighted by atomic mass is 10.0. The molecule has 0 spiro atoms. The summed E-state index contributed by atoms with van der Waals surface area (Å²) in [4.78, 5) is 46.0. The van der Waals surface area contributed by atoms with E-state index in [0.29, 0.717) is 62.0 Å². The van der Waals surface area contributed by atoms with Crippen molar-refractivity contribution in [2.75, 3.05) is 40.3 Å². The number of hydrogen-bond acceptors (Lipinski definition) is 5. The fourth-order valence-corrected chi connectivity index (χ4v) is 5.47. The highest BCUT2D eigenvalue weighted by Crippen LogP contribution is 2.26. The largest absolute Gasteiger partial charge is 0.493 e. The van der Waals surface area contributed by atoms with Gasteiger partial charge in [0.05, 0.1) is 12.2 Å². The smallest absolute Gasteiger partial charge is 0.258 e. The number of fused-ring (bicyclic) bond motifs is 1. The molecular weight excluding hydrogens is 566 g/mol. The third kappa shape index (κ3) is 9.32. The van der Waals surface area contributed by atoms with E-state index < -0.39 is 6.04 Å². The quantitative estimate of drug-likeness (QED) is 0.396. The summed E-state index contributed by atoms with van der Waals surface area (Å²) in [7, 11) is 3.44. The molecular formula is C33H42ClN5O4. The zero-order chi connectivity index (χ0) is 30.6. The number of likely N-dealkylation sites (N-methyl/N-ethyl adjacent to an activating group) is 2. The van der Waals surface area contributed by atoms with E-state index in [0.717, 1.165) is 37.7 Å². The van der Waals surface area contributed by atoms with Gasteiger partial charge in [0.2, 0.25) is 11.8 Å². The molecule has 43 heavy (non-hydrogen) atoms. The molecule has 230 valence electrons. The number of hydrogen-bond donors (Lipinski definition) is 0. The summed E-state index contributed by atoms with van der Waals surface area (Å²) in [5.74, 6) is 0.0957. The van der Waals surface area contributed by atoms with Crippen LogP contribution in [0.4, 0.5) is 0 Å². The predicted octanol–water partition coefficient (Wildman–Crippen LogP) is 4.94. The highest BCUT2D eigenvalue weighted by molar-refractivity contribution is 6.31. The van der Waals surface area contributed by atoms with Gasteiger partial charge in [-0.3, -0.25) is 19.1 Å². The predicted molar refractivity (Wildman–Crippen MR) is 167 cm³/mol. The molecule has 1 atom stereocenters. The lowest BCUT2D eigenvalue weighted by Crippen LogP contribution is -2.49. The number of rotatable bonds is 6. The van der Waals surface area contributed by atoms with E-state index in [1.807, 2.05) is 52.2 Å². The van der Waals surface area contributed by atoms with Gasteiger partial charge in [0.1, 0.15) is 11.8 Å². The first-order valence-electron chi connectivity index (χ1n) is 15.1. The average molecular weight is 608 g/mol. The summed E-state index contributed by atoms with van der Waals surface area (Å²) in [6, 6.07) is 15.9. The number of aromatic nitrogens is 2. The van der Waals surface area contributed by atoms with Crippen LogP contribution < -0.4 is 4.74 Å². The first-order valence-corrected chi connectivity index (χ1v) is 15.4. The van der Waals surface area contributed by atoms with Crippen molar-refractivity contribution in [2.45, 2.75) is 57.5 Å². The molecule has 4 rings (SSSR count). The lowest BCUT2D eigenvalue weighted by molar-refractivity contribution is -0.135. The second-order valence-electron chi connectivity index (χ2n) is 11.0. The minimum Gasteiger partial charge on any atom is -0.493 e. The summed E-state index contributed by atoms with van der Waals surface area (Å²) >= 11 is 6.31. The Morgan fingerprint density at radius 1 is 0.977 bits per heavy atom. The Kier molecular flexibility index (Phi) is 12.0. The van der Waals surface area contributed by atoms with Crippen molar-refractivity contribution in [3.8, 4) is 5.75 Å². The first kappa shape index (κ1) is 32.1. The highest BCUT2D eigenvalue weighted by Gasteiger charge is 2.31. The van der Waals surface area contributed by atoms with E-state index in [4.69, 9.17) is 16.3 Å². The molecule has 2 aromatic carbocycles. The summed E-state index contributed by atoms with van der Waals surface area (Å²) in [6.07, 6.45) is 8.23. The molecule has 0 radical (unpaired) electrons. The Hall–Kier alpha value is -3.85. The van der Waals surface area contributed by atoms with Gasteiger partial charge in [-0.05, 0) is 61.9 Å². The van der Waals surface area contributed by atoms with Gasteiger partial charge in [-0.2, -0.15) is 5.10 Å². The van der Waals surface area contributed by atoms with Gasteiger partial charge in [0, 0.05) is 70.5 Å². The van der Waals surface area contributed by atoms with Gasteiger partial charge >= 0.3 is 0 Å². The molecule has 3 amide bonds. The summed E-state index contributed by atoms with van der Waals surface area (Å²) in [5.41, 5.74) is 1.28. The third-order valence-corrected chi connectivity index (χ3v) is 8.07. The standard InChI is InChI=1S/C33H42ClN5O4/c1-36-18-6-7-19-38(31(40)14-10-21-39-22-11-17-35-39)20-8-9-23-43-30-16-15-27(34)25-28(30)32(41)37(2)29(33(36)42)24-26-12-4-3-5-13-26/h3-5,11-13,15-17,22,25,29H,6-10,14,18-21,23-24H2,1-2H3/t29-/m0/s1. The number of amides is 3. The van der Waals surface area contributed by atoms with Crippen molar-refractivity contribution in [2.24, 2.45) is 0 Å². The molecule has 0 N–H and O–H groups in total. The van der Waals surface area contributed by atoms with Crippen molar-refractivity contribution in [1.29, 1.82) is 0 Å². The van der Waals surface area contributed by atoms with Crippen LogP contribution in [0.25, 0.3) is 0 Å². The molecule has 0 saturated carbocycles. The van der Waals surface area contributed by atoms with Crippen LogP contribution in [-0.2, 0) is 22.6 Å². The summed E-state index contributed by atoms with van der Waals surface area (Å²) < 4.78 is 7.92. The Balaban J connectivity index is 1.51. The van der Waals surface area contributed by atoms with Gasteiger partial charge in [0.25, 0.3) is 5.91 Å². The Labute approximate surface area is 259 Å². The molecule has 0 fully saturated rings. The van der Waals surface area contributed by atoms with E-state index in [-0.39, 0.29) is 17.7 Å². The van der Waals surface area contributed by atoms with Gasteiger partial charge < -0.3 is 19.4 Å². The van der Waals surface area contributed by atoms with Crippen molar-refractivity contribution in [1.82, 2.24) is 24.5 Å². The molecule has 0 aliphatic carbocycles. The van der Waals surface area contributed by atoms with Crippen LogP contribution in [0.5, 0.6) is 5.75 Å². The minimum atomic E-state index is -0.713. The maximum atomic E-state index is 13.8. The van der Waals surface area contributed by atoms with Crippen LogP contribution in [0.1, 0.15) is 54.4 Å². The molecule has 1 aliphatic rings. The lowest BCUT2D eigenvalue weighted by Gasteiger charge is -2.31. The number of benzene rings is 2. The van der Waals surface area contributed by atoms with Crippen LogP contribution in [0.3, 0.4) is 0 Å². The second-order valence-corrected chi connectivity index (χ2v) is 11.5. The van der Waals surface area contributed by atoms with Crippen LogP contribution in [0.15, 0.2) is 67.0 Å². The van der Waals surface area contributed by atoms with E-state index >= 15 is 0 Å². The first-order chi connectivity index (χ1) is 20.8. The van der Waals surface area contributed by atoms with Crippen molar-refractivity contribution < 1.29 is 19.1 Å². The molecule has 0 unspecified atom stereocenters. The molecule has 10 heteroatoms. The zero-order valence-electron chi connectivity index (χ0n) is 25.2. The van der Waals surface area contributed by atoms with Gasteiger partial charge in [-0.1, -0.05) is 41.9 Å². The number of halogens is 1. The normalized spacial score (nSPS) is 17.7. The number of aryl methyl sites for hydroxylation is 1. The molecule has 2 heterocycles. The number of carbonyl (C=O) groups excluding carboxylic acids is 3. The maximum absolute atomic E-state index is 13.8. The number of carbonyl (C=O) groups is 3. The molecule has 0 bridgehead atoms.